The quantitative estimate of drug-likeness (QED) is 0.528. The molecule has 0 saturated carbocycles. The van der Waals surface area contributed by atoms with E-state index in [1.807, 2.05) is 12.1 Å². The highest BCUT2D eigenvalue weighted by molar-refractivity contribution is 6.32. The number of nitrogens with one attached hydrogen (secondary N) is 2. The molecule has 7 nitrogen and oxygen atoms in total. The predicted octanol–water partition coefficient (Wildman–Crippen LogP) is 1.06. The highest BCUT2D eigenvalue weighted by Gasteiger charge is 2.25. The summed E-state index contributed by atoms with van der Waals surface area (Å²) in [5.74, 6) is 1.69. The summed E-state index contributed by atoms with van der Waals surface area (Å²) in [5, 5.41) is 7.55. The van der Waals surface area contributed by atoms with E-state index < -0.39 is 0 Å². The van der Waals surface area contributed by atoms with Crippen molar-refractivity contribution in [2.24, 2.45) is 4.99 Å². The number of hydrogen-bond donors (Lipinski definition) is 2. The molecule has 1 unspecified atom stereocenters. The van der Waals surface area contributed by atoms with Crippen LogP contribution in [0.5, 0.6) is 0 Å². The number of pyridine rings is 1. The molecule has 2 heterocycles. The third-order valence-electron chi connectivity index (χ3n) is 4.25. The monoisotopic (exact) mass is 368 g/mol. The summed E-state index contributed by atoms with van der Waals surface area (Å²) in [7, 11) is 5.61. The van der Waals surface area contributed by atoms with E-state index in [9.17, 15) is 0 Å². The Morgan fingerprint density at radius 2 is 2.36 bits per heavy atom. The van der Waals surface area contributed by atoms with Gasteiger partial charge in [0.1, 0.15) is 5.82 Å². The number of anilines is 1. The van der Waals surface area contributed by atoms with E-state index in [4.69, 9.17) is 16.3 Å². The summed E-state index contributed by atoms with van der Waals surface area (Å²) in [6.45, 7) is 5.24. The first-order valence-electron chi connectivity index (χ1n) is 8.64. The Morgan fingerprint density at radius 3 is 3.08 bits per heavy atom. The molecule has 1 aliphatic rings. The van der Waals surface area contributed by atoms with E-state index in [1.165, 1.54) is 0 Å². The van der Waals surface area contributed by atoms with E-state index in [0.717, 1.165) is 57.5 Å². The Hall–Kier alpha value is -1.57. The van der Waals surface area contributed by atoms with Gasteiger partial charge in [-0.15, -0.1) is 0 Å². The van der Waals surface area contributed by atoms with E-state index in [2.05, 4.69) is 37.5 Å². The zero-order valence-corrected chi connectivity index (χ0v) is 16.1. The number of hydrogen-bond acceptors (Lipinski definition) is 5. The van der Waals surface area contributed by atoms with Gasteiger partial charge in [-0.2, -0.15) is 0 Å². The first-order valence-corrected chi connectivity index (χ1v) is 9.02. The van der Waals surface area contributed by atoms with Gasteiger partial charge in [-0.25, -0.2) is 4.98 Å². The Kier molecular flexibility index (Phi) is 8.24. The van der Waals surface area contributed by atoms with Crippen LogP contribution in [-0.2, 0) is 4.74 Å². The molecule has 1 saturated heterocycles. The molecule has 25 heavy (non-hydrogen) atoms. The fourth-order valence-electron chi connectivity index (χ4n) is 2.79. The van der Waals surface area contributed by atoms with Crippen molar-refractivity contribution in [3.8, 4) is 0 Å². The third-order valence-corrected chi connectivity index (χ3v) is 4.55. The highest BCUT2D eigenvalue weighted by atomic mass is 35.5. The molecule has 0 bridgehead atoms. The summed E-state index contributed by atoms with van der Waals surface area (Å²) < 4.78 is 5.09. The molecule has 140 valence electrons. The Bertz CT molecular complexity index is 556. The van der Waals surface area contributed by atoms with Crippen LogP contribution in [0.3, 0.4) is 0 Å². The maximum absolute atomic E-state index is 6.25. The lowest BCUT2D eigenvalue weighted by Crippen LogP contribution is -2.46. The fraction of sp³-hybridized carbons (Fsp3) is 0.647. The zero-order chi connectivity index (χ0) is 18.1. The number of nitrogens with zero attached hydrogens (tertiary/aromatic N) is 4. The van der Waals surface area contributed by atoms with Crippen molar-refractivity contribution in [3.63, 3.8) is 0 Å². The molecular weight excluding hydrogens is 340 g/mol. The van der Waals surface area contributed by atoms with Gasteiger partial charge in [-0.1, -0.05) is 11.6 Å². The molecule has 2 rings (SSSR count). The average molecular weight is 369 g/mol. The number of methoxy groups -OCH3 is 1. The van der Waals surface area contributed by atoms with E-state index in [-0.39, 0.29) is 0 Å². The van der Waals surface area contributed by atoms with Crippen LogP contribution in [-0.4, -0.2) is 82.4 Å². The molecule has 0 aliphatic carbocycles. The number of aromatic nitrogens is 1. The zero-order valence-electron chi connectivity index (χ0n) is 15.3. The molecule has 1 atom stereocenters. The fourth-order valence-corrected chi connectivity index (χ4v) is 3.03. The van der Waals surface area contributed by atoms with Crippen LogP contribution < -0.4 is 15.5 Å². The summed E-state index contributed by atoms with van der Waals surface area (Å²) in [6, 6.07) is 4.06. The highest BCUT2D eigenvalue weighted by Crippen LogP contribution is 2.25. The number of guanidine groups is 1. The Morgan fingerprint density at radius 1 is 1.52 bits per heavy atom. The molecule has 8 heteroatoms. The molecule has 1 aromatic heterocycles. The molecule has 2 N–H and O–H groups in total. The summed E-state index contributed by atoms with van der Waals surface area (Å²) in [5.41, 5.74) is 0. The van der Waals surface area contributed by atoms with Crippen molar-refractivity contribution in [2.75, 3.05) is 65.4 Å². The number of aliphatic imine (C=N–C) groups is 1. The minimum absolute atomic E-state index is 0.329. The topological polar surface area (TPSA) is 65.0 Å². The van der Waals surface area contributed by atoms with Crippen LogP contribution >= 0.6 is 11.6 Å². The van der Waals surface area contributed by atoms with Crippen molar-refractivity contribution in [2.45, 2.75) is 12.5 Å². The van der Waals surface area contributed by atoms with E-state index >= 15 is 0 Å². The lowest BCUT2D eigenvalue weighted by molar-refractivity contribution is 0.162. The van der Waals surface area contributed by atoms with Crippen LogP contribution in [0.15, 0.2) is 23.3 Å². The van der Waals surface area contributed by atoms with Crippen LogP contribution in [0.1, 0.15) is 6.42 Å². The van der Waals surface area contributed by atoms with Crippen LogP contribution in [0.25, 0.3) is 0 Å². The summed E-state index contributed by atoms with van der Waals surface area (Å²) >= 11 is 6.25. The molecule has 0 radical (unpaired) electrons. The van der Waals surface area contributed by atoms with Crippen LogP contribution in [0.4, 0.5) is 5.82 Å². The van der Waals surface area contributed by atoms with Gasteiger partial charge in [0.15, 0.2) is 5.96 Å². The first kappa shape index (κ1) is 19.8. The lowest BCUT2D eigenvalue weighted by atomic mass is 10.3. The van der Waals surface area contributed by atoms with Crippen LogP contribution in [0.2, 0.25) is 5.02 Å². The van der Waals surface area contributed by atoms with Crippen molar-refractivity contribution in [1.82, 2.24) is 20.5 Å². The average Bonchev–Trinajstić information content (AvgIpc) is 3.07. The Labute approximate surface area is 155 Å². The lowest BCUT2D eigenvalue weighted by Gasteiger charge is -2.21. The maximum Gasteiger partial charge on any atom is 0.191 e. The minimum atomic E-state index is 0.329. The number of ether oxygens (including phenoxy) is 1. The maximum atomic E-state index is 6.25. The molecule has 1 aromatic rings. The second-order valence-corrected chi connectivity index (χ2v) is 6.59. The van der Waals surface area contributed by atoms with Crippen molar-refractivity contribution in [1.29, 1.82) is 0 Å². The number of halogens is 1. The number of rotatable bonds is 8. The molecule has 1 fully saturated rings. The standard InChI is InChI=1S/C17H29ClN6O/c1-19-17(21-8-10-23(2)11-12-25-3)22-14-6-9-24(13-14)16-15(18)5-4-7-20-16/h4-5,7,14H,6,8-13H2,1-3H3,(H2,19,21,22). The first-order chi connectivity index (χ1) is 12.1. The molecule has 0 amide bonds. The SMILES string of the molecule is CN=C(NCCN(C)CCOC)NC1CCN(c2ncccc2Cl)C1. The largest absolute Gasteiger partial charge is 0.383 e. The molecule has 0 spiro atoms. The van der Waals surface area contributed by atoms with Gasteiger partial charge in [0.25, 0.3) is 0 Å². The van der Waals surface area contributed by atoms with Gasteiger partial charge in [-0.05, 0) is 25.6 Å². The van der Waals surface area contributed by atoms with Gasteiger partial charge in [0.2, 0.25) is 0 Å². The van der Waals surface area contributed by atoms with Gasteiger partial charge < -0.3 is 25.2 Å². The smallest absolute Gasteiger partial charge is 0.191 e. The van der Waals surface area contributed by atoms with Crippen molar-refractivity contribution < 1.29 is 4.74 Å². The Balaban J connectivity index is 1.74. The molecule has 0 aromatic carbocycles. The number of likely N-dealkylation sites (N-methyl/N-ethyl adjacent to an activating group) is 1. The van der Waals surface area contributed by atoms with Crippen molar-refractivity contribution in [3.05, 3.63) is 23.4 Å². The van der Waals surface area contributed by atoms with E-state index in [0.29, 0.717) is 11.1 Å². The molecular formula is C17H29ClN6O. The van der Waals surface area contributed by atoms with Gasteiger partial charge in [0, 0.05) is 59.1 Å². The predicted molar refractivity (Wildman–Crippen MR) is 104 cm³/mol. The van der Waals surface area contributed by atoms with Gasteiger partial charge in [-0.3, -0.25) is 4.99 Å². The second kappa shape index (κ2) is 10.4. The second-order valence-electron chi connectivity index (χ2n) is 6.18. The third kappa shape index (κ3) is 6.34. The summed E-state index contributed by atoms with van der Waals surface area (Å²) in [6.07, 6.45) is 2.81. The van der Waals surface area contributed by atoms with Gasteiger partial charge in [0.05, 0.1) is 11.6 Å². The van der Waals surface area contributed by atoms with E-state index in [1.54, 1.807) is 20.4 Å². The van der Waals surface area contributed by atoms with Crippen molar-refractivity contribution >= 4 is 23.4 Å². The van der Waals surface area contributed by atoms with Crippen LogP contribution in [0, 0.1) is 0 Å². The molecule has 1 aliphatic heterocycles. The minimum Gasteiger partial charge on any atom is -0.383 e. The van der Waals surface area contributed by atoms with Gasteiger partial charge >= 0.3 is 0 Å². The summed E-state index contributed by atoms with van der Waals surface area (Å²) in [4.78, 5) is 13.1. The normalized spacial score (nSPS) is 18.0.